The molecule has 2 nitrogen and oxygen atoms in total. The highest BCUT2D eigenvalue weighted by Crippen LogP contribution is 2.30. The van der Waals surface area contributed by atoms with Crippen molar-refractivity contribution < 1.29 is 4.39 Å². The third-order valence-electron chi connectivity index (χ3n) is 4.62. The molecule has 2 aliphatic carbocycles. The van der Waals surface area contributed by atoms with Crippen molar-refractivity contribution >= 4 is 5.69 Å². The van der Waals surface area contributed by atoms with E-state index < -0.39 is 0 Å². The Labute approximate surface area is 121 Å². The highest BCUT2D eigenvalue weighted by atomic mass is 19.1. The molecule has 0 heterocycles. The van der Waals surface area contributed by atoms with Crippen molar-refractivity contribution in [2.24, 2.45) is 5.92 Å². The first-order valence-corrected chi connectivity index (χ1v) is 7.96. The molecule has 1 aromatic carbocycles. The summed E-state index contributed by atoms with van der Waals surface area (Å²) in [6.45, 7) is 1.77. The number of nitrogens with one attached hydrogen (secondary N) is 1. The molecule has 0 aliphatic heterocycles. The van der Waals surface area contributed by atoms with Crippen LogP contribution in [0.25, 0.3) is 0 Å². The second-order valence-corrected chi connectivity index (χ2v) is 6.43. The molecule has 0 aromatic heterocycles. The van der Waals surface area contributed by atoms with Gasteiger partial charge in [0.1, 0.15) is 5.82 Å². The Morgan fingerprint density at radius 2 is 1.95 bits per heavy atom. The molecular weight excluding hydrogens is 251 g/mol. The Morgan fingerprint density at radius 3 is 2.65 bits per heavy atom. The highest BCUT2D eigenvalue weighted by molar-refractivity contribution is 5.54. The molecule has 0 bridgehead atoms. The third-order valence-corrected chi connectivity index (χ3v) is 4.62. The van der Waals surface area contributed by atoms with Crippen LogP contribution in [0.3, 0.4) is 0 Å². The predicted molar refractivity (Wildman–Crippen MR) is 81.5 cm³/mol. The fraction of sp³-hybridized carbons (Fsp3) is 0.647. The number of benzene rings is 1. The summed E-state index contributed by atoms with van der Waals surface area (Å²) in [5.74, 6) is 0.657. The van der Waals surface area contributed by atoms with Crippen molar-refractivity contribution in [3.8, 4) is 0 Å². The summed E-state index contributed by atoms with van der Waals surface area (Å²) in [5.41, 5.74) is 1.89. The van der Waals surface area contributed by atoms with Gasteiger partial charge in [-0.1, -0.05) is 25.0 Å². The Balaban J connectivity index is 1.70. The van der Waals surface area contributed by atoms with Gasteiger partial charge in [0.2, 0.25) is 0 Å². The van der Waals surface area contributed by atoms with E-state index in [1.165, 1.54) is 38.5 Å². The van der Waals surface area contributed by atoms with Crippen molar-refractivity contribution in [2.75, 3.05) is 18.5 Å². The zero-order valence-corrected chi connectivity index (χ0v) is 12.4. The Morgan fingerprint density at radius 1 is 1.20 bits per heavy atom. The molecule has 2 fully saturated rings. The second kappa shape index (κ2) is 6.13. The zero-order valence-electron chi connectivity index (χ0n) is 12.4. The summed E-state index contributed by atoms with van der Waals surface area (Å²) in [6, 6.07) is 6.12. The maximum absolute atomic E-state index is 14.2. The average Bonchev–Trinajstić information content (AvgIpc) is 3.13. The van der Waals surface area contributed by atoms with Crippen LogP contribution in [-0.4, -0.2) is 19.6 Å². The quantitative estimate of drug-likeness (QED) is 0.852. The topological polar surface area (TPSA) is 15.3 Å². The molecule has 1 aromatic rings. The lowest BCUT2D eigenvalue weighted by atomic mass is 10.1. The normalized spacial score (nSPS) is 19.5. The van der Waals surface area contributed by atoms with Crippen LogP contribution in [-0.2, 0) is 6.54 Å². The molecule has 20 heavy (non-hydrogen) atoms. The minimum Gasteiger partial charge on any atom is -0.372 e. The van der Waals surface area contributed by atoms with Crippen molar-refractivity contribution in [3.63, 3.8) is 0 Å². The van der Waals surface area contributed by atoms with E-state index in [0.29, 0.717) is 6.04 Å². The summed E-state index contributed by atoms with van der Waals surface area (Å²) in [7, 11) is 2.04. The lowest BCUT2D eigenvalue weighted by Gasteiger charge is -2.26. The summed E-state index contributed by atoms with van der Waals surface area (Å²) >= 11 is 0. The summed E-state index contributed by atoms with van der Waals surface area (Å²) < 4.78 is 14.2. The van der Waals surface area contributed by atoms with E-state index in [2.05, 4.69) is 16.3 Å². The first-order chi connectivity index (χ1) is 9.74. The van der Waals surface area contributed by atoms with Gasteiger partial charge in [-0.15, -0.1) is 0 Å². The summed E-state index contributed by atoms with van der Waals surface area (Å²) in [6.07, 6.45) is 7.81. The standard InChI is InChI=1S/C17H25FN2/c1-20(12-13-5-2-3-6-13)17-14(7-4-8-16(17)18)11-19-15-9-10-15/h4,7-8,13,15,19H,2-3,5-6,9-12H2,1H3. The molecule has 0 saturated heterocycles. The smallest absolute Gasteiger partial charge is 0.146 e. The van der Waals surface area contributed by atoms with Crippen LogP contribution in [0.1, 0.15) is 44.1 Å². The van der Waals surface area contributed by atoms with Gasteiger partial charge in [-0.05, 0) is 43.2 Å². The largest absolute Gasteiger partial charge is 0.372 e. The number of nitrogens with zero attached hydrogens (tertiary/aromatic N) is 1. The molecule has 1 N–H and O–H groups in total. The maximum Gasteiger partial charge on any atom is 0.146 e. The molecular formula is C17H25FN2. The molecule has 0 unspecified atom stereocenters. The number of anilines is 1. The molecule has 2 saturated carbocycles. The number of para-hydroxylation sites is 1. The van der Waals surface area contributed by atoms with Crippen molar-refractivity contribution in [3.05, 3.63) is 29.6 Å². The SMILES string of the molecule is CN(CC1CCCC1)c1c(F)cccc1CNC1CC1. The van der Waals surface area contributed by atoms with E-state index in [9.17, 15) is 4.39 Å². The van der Waals surface area contributed by atoms with Gasteiger partial charge < -0.3 is 10.2 Å². The van der Waals surface area contributed by atoms with Gasteiger partial charge in [-0.25, -0.2) is 4.39 Å². The minimum atomic E-state index is -0.0828. The number of hydrogen-bond donors (Lipinski definition) is 1. The molecule has 110 valence electrons. The van der Waals surface area contributed by atoms with Gasteiger partial charge in [-0.3, -0.25) is 0 Å². The van der Waals surface area contributed by atoms with E-state index >= 15 is 0 Å². The molecule has 0 radical (unpaired) electrons. The molecule has 3 rings (SSSR count). The predicted octanol–water partition coefficient (Wildman–Crippen LogP) is 3.70. The third kappa shape index (κ3) is 3.32. The number of hydrogen-bond acceptors (Lipinski definition) is 2. The van der Waals surface area contributed by atoms with Crippen LogP contribution in [0.4, 0.5) is 10.1 Å². The van der Waals surface area contributed by atoms with Crippen LogP contribution in [0.5, 0.6) is 0 Å². The van der Waals surface area contributed by atoms with Crippen LogP contribution in [0.2, 0.25) is 0 Å². The Bertz CT molecular complexity index is 450. The first-order valence-electron chi connectivity index (χ1n) is 7.96. The molecule has 3 heteroatoms. The zero-order chi connectivity index (χ0) is 13.9. The molecule has 0 spiro atoms. The van der Waals surface area contributed by atoms with Gasteiger partial charge in [0.15, 0.2) is 0 Å². The van der Waals surface area contributed by atoms with E-state index in [-0.39, 0.29) is 5.82 Å². The van der Waals surface area contributed by atoms with Gasteiger partial charge in [0.25, 0.3) is 0 Å². The van der Waals surface area contributed by atoms with Gasteiger partial charge in [-0.2, -0.15) is 0 Å². The van der Waals surface area contributed by atoms with Crippen LogP contribution >= 0.6 is 0 Å². The van der Waals surface area contributed by atoms with E-state index in [0.717, 1.165) is 30.3 Å². The molecule has 2 aliphatic rings. The number of halogens is 1. The molecule has 0 amide bonds. The van der Waals surface area contributed by atoms with Crippen LogP contribution < -0.4 is 10.2 Å². The van der Waals surface area contributed by atoms with Crippen molar-refractivity contribution in [1.82, 2.24) is 5.32 Å². The monoisotopic (exact) mass is 276 g/mol. The Kier molecular flexibility index (Phi) is 4.25. The van der Waals surface area contributed by atoms with Crippen molar-refractivity contribution in [2.45, 2.75) is 51.1 Å². The highest BCUT2D eigenvalue weighted by Gasteiger charge is 2.23. The minimum absolute atomic E-state index is 0.0828. The summed E-state index contributed by atoms with van der Waals surface area (Å²) in [4.78, 5) is 2.13. The second-order valence-electron chi connectivity index (χ2n) is 6.43. The van der Waals surface area contributed by atoms with Crippen molar-refractivity contribution in [1.29, 1.82) is 0 Å². The van der Waals surface area contributed by atoms with Gasteiger partial charge in [0.05, 0.1) is 5.69 Å². The van der Waals surface area contributed by atoms with E-state index in [4.69, 9.17) is 0 Å². The van der Waals surface area contributed by atoms with E-state index in [1.54, 1.807) is 6.07 Å². The maximum atomic E-state index is 14.2. The molecule has 0 atom stereocenters. The van der Waals surface area contributed by atoms with Crippen LogP contribution in [0.15, 0.2) is 18.2 Å². The average molecular weight is 276 g/mol. The fourth-order valence-corrected chi connectivity index (χ4v) is 3.34. The summed E-state index contributed by atoms with van der Waals surface area (Å²) in [5, 5.41) is 3.50. The fourth-order valence-electron chi connectivity index (χ4n) is 3.34. The van der Waals surface area contributed by atoms with Gasteiger partial charge in [0, 0.05) is 26.2 Å². The van der Waals surface area contributed by atoms with E-state index in [1.807, 2.05) is 13.1 Å². The lowest BCUT2D eigenvalue weighted by molar-refractivity contribution is 0.536. The first kappa shape index (κ1) is 13.9. The van der Waals surface area contributed by atoms with Crippen LogP contribution in [0, 0.1) is 11.7 Å². The number of rotatable bonds is 6. The lowest BCUT2D eigenvalue weighted by Crippen LogP contribution is -2.27. The van der Waals surface area contributed by atoms with Gasteiger partial charge >= 0.3 is 0 Å². The Hall–Kier alpha value is -1.09.